The van der Waals surface area contributed by atoms with Gasteiger partial charge < -0.3 is 0 Å². The van der Waals surface area contributed by atoms with Gasteiger partial charge in [-0.15, -0.1) is 4.68 Å². The van der Waals surface area contributed by atoms with Gasteiger partial charge >= 0.3 is 0 Å². The van der Waals surface area contributed by atoms with Gasteiger partial charge in [-0.05, 0) is 13.8 Å². The summed E-state index contributed by atoms with van der Waals surface area (Å²) in [4.78, 5) is 0. The van der Waals surface area contributed by atoms with Crippen LogP contribution in [0.3, 0.4) is 0 Å². The molecule has 1 heterocycles. The van der Waals surface area contributed by atoms with Crippen LogP contribution in [-0.4, -0.2) is 9.78 Å². The lowest BCUT2D eigenvalue weighted by atomic mass is 10.4. The van der Waals surface area contributed by atoms with E-state index in [4.69, 9.17) is 0 Å². The molecule has 50 valence electrons. The molecule has 1 aromatic heterocycles. The van der Waals surface area contributed by atoms with E-state index in [1.807, 2.05) is 19.7 Å². The van der Waals surface area contributed by atoms with E-state index in [0.717, 1.165) is 0 Å². The van der Waals surface area contributed by atoms with E-state index in [9.17, 15) is 0 Å². The summed E-state index contributed by atoms with van der Waals surface area (Å²) in [6.45, 7) is 4.25. The summed E-state index contributed by atoms with van der Waals surface area (Å²) >= 11 is 0. The van der Waals surface area contributed by atoms with Crippen LogP contribution in [0.25, 0.3) is 0 Å². The first-order valence-corrected chi connectivity index (χ1v) is 3.09. The Balaban J connectivity index is 2.85. The zero-order chi connectivity index (χ0) is 6.85. The molecule has 0 aromatic carbocycles. The Hall–Kier alpha value is -0.860. The van der Waals surface area contributed by atoms with Gasteiger partial charge in [-0.1, -0.05) is 0 Å². The smallest absolute Gasteiger partial charge is 0.235 e. The van der Waals surface area contributed by atoms with Crippen LogP contribution >= 0.6 is 0 Å². The third-order valence-corrected chi connectivity index (χ3v) is 1.26. The molecule has 0 fully saturated rings. The third-order valence-electron chi connectivity index (χ3n) is 1.26. The maximum Gasteiger partial charge on any atom is 0.265 e. The molecule has 3 nitrogen and oxygen atoms in total. The van der Waals surface area contributed by atoms with Gasteiger partial charge in [-0.2, -0.15) is 0 Å². The number of rotatable bonds is 1. The van der Waals surface area contributed by atoms with Crippen LogP contribution < -0.4 is 4.57 Å². The third kappa shape index (κ3) is 1.28. The lowest BCUT2D eigenvalue weighted by molar-refractivity contribution is -0.716. The molecule has 1 rings (SSSR count). The SMILES string of the molecule is CC(C)[n+]1cnn(C)c1. The van der Waals surface area contributed by atoms with E-state index in [0.29, 0.717) is 6.04 Å². The Morgan fingerprint density at radius 1 is 1.56 bits per heavy atom. The molecular formula is C6H12N3+. The van der Waals surface area contributed by atoms with Crippen molar-refractivity contribution in [1.29, 1.82) is 0 Å². The molecule has 0 saturated heterocycles. The van der Waals surface area contributed by atoms with Crippen LogP contribution in [0.5, 0.6) is 0 Å². The minimum absolute atomic E-state index is 0.513. The van der Waals surface area contributed by atoms with Crippen molar-refractivity contribution >= 4 is 0 Å². The van der Waals surface area contributed by atoms with Gasteiger partial charge in [-0.3, -0.25) is 0 Å². The highest BCUT2D eigenvalue weighted by Crippen LogP contribution is 1.86. The Morgan fingerprint density at radius 2 is 2.22 bits per heavy atom. The zero-order valence-corrected chi connectivity index (χ0v) is 6.07. The van der Waals surface area contributed by atoms with Gasteiger partial charge in [0.1, 0.15) is 0 Å². The van der Waals surface area contributed by atoms with Crippen molar-refractivity contribution in [2.24, 2.45) is 7.05 Å². The van der Waals surface area contributed by atoms with Crippen molar-refractivity contribution in [3.63, 3.8) is 0 Å². The van der Waals surface area contributed by atoms with Gasteiger partial charge in [-0.25, -0.2) is 4.57 Å². The van der Waals surface area contributed by atoms with E-state index in [1.165, 1.54) is 0 Å². The van der Waals surface area contributed by atoms with Crippen molar-refractivity contribution in [3.8, 4) is 0 Å². The first-order valence-electron chi connectivity index (χ1n) is 3.09. The second-order valence-electron chi connectivity index (χ2n) is 2.46. The van der Waals surface area contributed by atoms with Gasteiger partial charge in [0.05, 0.1) is 13.1 Å². The van der Waals surface area contributed by atoms with E-state index in [-0.39, 0.29) is 0 Å². The fourth-order valence-electron chi connectivity index (χ4n) is 0.660. The first-order chi connectivity index (χ1) is 4.20. The first kappa shape index (κ1) is 6.26. The number of aromatic nitrogens is 3. The summed E-state index contributed by atoms with van der Waals surface area (Å²) in [5, 5.41) is 4.02. The number of hydrogen-bond acceptors (Lipinski definition) is 1. The lowest BCUT2D eigenvalue weighted by Crippen LogP contribution is -2.33. The molecular weight excluding hydrogens is 114 g/mol. The minimum Gasteiger partial charge on any atom is -0.235 e. The zero-order valence-electron chi connectivity index (χ0n) is 6.07. The molecule has 0 unspecified atom stereocenters. The fraction of sp³-hybridized carbons (Fsp3) is 0.667. The number of aryl methyl sites for hydroxylation is 1. The van der Waals surface area contributed by atoms with Crippen molar-refractivity contribution in [2.75, 3.05) is 0 Å². The maximum absolute atomic E-state index is 4.02. The standard InChI is InChI=1S/C6H12N3/c1-6(2)9-4-7-8(3)5-9/h4-6H,1-3H3/q+1. The summed E-state index contributed by atoms with van der Waals surface area (Å²) < 4.78 is 3.85. The predicted octanol–water partition coefficient (Wildman–Crippen LogP) is 0.288. The Morgan fingerprint density at radius 3 is 2.44 bits per heavy atom. The van der Waals surface area contributed by atoms with Crippen LogP contribution in [0.1, 0.15) is 19.9 Å². The predicted molar refractivity (Wildman–Crippen MR) is 33.8 cm³/mol. The monoisotopic (exact) mass is 126 g/mol. The Labute approximate surface area is 54.9 Å². The molecule has 0 aliphatic rings. The van der Waals surface area contributed by atoms with Crippen molar-refractivity contribution < 1.29 is 4.57 Å². The highest BCUT2D eigenvalue weighted by atomic mass is 15.3. The second-order valence-corrected chi connectivity index (χ2v) is 2.46. The molecule has 9 heavy (non-hydrogen) atoms. The van der Waals surface area contributed by atoms with Crippen molar-refractivity contribution in [2.45, 2.75) is 19.9 Å². The van der Waals surface area contributed by atoms with Crippen LogP contribution in [0.4, 0.5) is 0 Å². The average Bonchev–Trinajstić information content (AvgIpc) is 2.14. The van der Waals surface area contributed by atoms with Crippen LogP contribution in [0.2, 0.25) is 0 Å². The van der Waals surface area contributed by atoms with Crippen molar-refractivity contribution in [1.82, 2.24) is 9.78 Å². The molecule has 0 radical (unpaired) electrons. The maximum atomic E-state index is 4.02. The fourth-order valence-corrected chi connectivity index (χ4v) is 0.660. The average molecular weight is 126 g/mol. The molecule has 3 heteroatoms. The van der Waals surface area contributed by atoms with E-state index >= 15 is 0 Å². The molecule has 1 aromatic rings. The van der Waals surface area contributed by atoms with Crippen molar-refractivity contribution in [3.05, 3.63) is 12.7 Å². The normalized spacial score (nSPS) is 10.7. The topological polar surface area (TPSA) is 21.7 Å². The molecule has 0 atom stereocenters. The van der Waals surface area contributed by atoms with Gasteiger partial charge in [0.15, 0.2) is 0 Å². The van der Waals surface area contributed by atoms with Gasteiger partial charge in [0.2, 0.25) is 6.33 Å². The molecule has 0 amide bonds. The summed E-state index contributed by atoms with van der Waals surface area (Å²) in [6, 6.07) is 0.513. The molecule has 0 spiro atoms. The second kappa shape index (κ2) is 2.17. The quantitative estimate of drug-likeness (QED) is 0.496. The highest BCUT2D eigenvalue weighted by Gasteiger charge is 2.03. The van der Waals surface area contributed by atoms with Crippen LogP contribution in [-0.2, 0) is 7.05 Å². The largest absolute Gasteiger partial charge is 0.265 e. The molecule has 0 saturated carbocycles. The molecule has 0 aliphatic carbocycles. The van der Waals surface area contributed by atoms with E-state index in [1.54, 1.807) is 4.68 Å². The minimum atomic E-state index is 0.513. The number of nitrogens with zero attached hydrogens (tertiary/aromatic N) is 3. The van der Waals surface area contributed by atoms with Gasteiger partial charge in [0, 0.05) is 5.10 Å². The molecule has 0 N–H and O–H groups in total. The Kier molecular flexibility index (Phi) is 1.51. The Bertz CT molecular complexity index is 190. The van der Waals surface area contributed by atoms with E-state index in [2.05, 4.69) is 23.5 Å². The van der Waals surface area contributed by atoms with Crippen LogP contribution in [0, 0.1) is 0 Å². The summed E-state index contributed by atoms with van der Waals surface area (Å²) in [7, 11) is 1.92. The molecule has 0 aliphatic heterocycles. The summed E-state index contributed by atoms with van der Waals surface area (Å²) in [6.07, 6.45) is 3.79. The summed E-state index contributed by atoms with van der Waals surface area (Å²) in [5.41, 5.74) is 0. The lowest BCUT2D eigenvalue weighted by Gasteiger charge is -1.95. The molecule has 0 bridgehead atoms. The number of hydrogen-bond donors (Lipinski definition) is 0. The van der Waals surface area contributed by atoms with E-state index < -0.39 is 0 Å². The summed E-state index contributed by atoms with van der Waals surface area (Å²) in [5.74, 6) is 0. The highest BCUT2D eigenvalue weighted by molar-refractivity contribution is 4.40. The van der Waals surface area contributed by atoms with Crippen LogP contribution in [0.15, 0.2) is 12.7 Å². The van der Waals surface area contributed by atoms with Gasteiger partial charge in [0.25, 0.3) is 6.33 Å².